The SMILES string of the molecule is Cn1ccnc1C(NC(=O)N1CCN(c2cnccn2)CC1)C1CC1. The number of nitrogens with zero attached hydrogens (tertiary/aromatic N) is 6. The maximum absolute atomic E-state index is 12.7. The zero-order valence-corrected chi connectivity index (χ0v) is 14.4. The van der Waals surface area contributed by atoms with Crippen LogP contribution in [0.1, 0.15) is 24.7 Å². The topological polar surface area (TPSA) is 79.2 Å². The second-order valence-corrected chi connectivity index (χ2v) is 6.70. The maximum Gasteiger partial charge on any atom is 0.318 e. The minimum atomic E-state index is -0.00121. The number of carbonyl (C=O) groups is 1. The average molecular weight is 341 g/mol. The van der Waals surface area contributed by atoms with Gasteiger partial charge in [-0.2, -0.15) is 0 Å². The first-order valence-corrected chi connectivity index (χ1v) is 8.76. The van der Waals surface area contributed by atoms with Crippen LogP contribution in [0, 0.1) is 5.92 Å². The van der Waals surface area contributed by atoms with Crippen molar-refractivity contribution in [2.45, 2.75) is 18.9 Å². The van der Waals surface area contributed by atoms with Gasteiger partial charge in [-0.1, -0.05) is 0 Å². The lowest BCUT2D eigenvalue weighted by molar-refractivity contribution is 0.188. The second-order valence-electron chi connectivity index (χ2n) is 6.70. The summed E-state index contributed by atoms with van der Waals surface area (Å²) in [6, 6.07) is 0.00390. The minimum Gasteiger partial charge on any atom is -0.352 e. The van der Waals surface area contributed by atoms with Gasteiger partial charge in [-0.05, 0) is 18.8 Å². The van der Waals surface area contributed by atoms with Crippen LogP contribution in [0.2, 0.25) is 0 Å². The van der Waals surface area contributed by atoms with Gasteiger partial charge in [0.15, 0.2) is 0 Å². The van der Waals surface area contributed by atoms with Crippen molar-refractivity contribution in [3.05, 3.63) is 36.8 Å². The number of nitrogens with one attached hydrogen (secondary N) is 1. The Morgan fingerprint density at radius 1 is 1.16 bits per heavy atom. The maximum atomic E-state index is 12.7. The van der Waals surface area contributed by atoms with Crippen molar-refractivity contribution in [2.75, 3.05) is 31.1 Å². The highest BCUT2D eigenvalue weighted by molar-refractivity contribution is 5.75. The van der Waals surface area contributed by atoms with E-state index in [9.17, 15) is 4.79 Å². The largest absolute Gasteiger partial charge is 0.352 e. The molecule has 2 aromatic rings. The fourth-order valence-electron chi connectivity index (χ4n) is 3.32. The van der Waals surface area contributed by atoms with Crippen LogP contribution in [0.4, 0.5) is 10.6 Å². The van der Waals surface area contributed by atoms with Crippen molar-refractivity contribution >= 4 is 11.8 Å². The van der Waals surface area contributed by atoms with Crippen molar-refractivity contribution in [1.29, 1.82) is 0 Å². The molecule has 1 saturated heterocycles. The number of anilines is 1. The van der Waals surface area contributed by atoms with E-state index < -0.39 is 0 Å². The van der Waals surface area contributed by atoms with E-state index in [0.717, 1.165) is 37.6 Å². The molecule has 1 saturated carbocycles. The Labute approximate surface area is 146 Å². The summed E-state index contributed by atoms with van der Waals surface area (Å²) in [5, 5.41) is 3.20. The number of carbonyl (C=O) groups excluding carboxylic acids is 1. The van der Waals surface area contributed by atoms with Crippen molar-refractivity contribution in [1.82, 2.24) is 29.7 Å². The molecule has 0 radical (unpaired) electrons. The molecule has 1 unspecified atom stereocenters. The van der Waals surface area contributed by atoms with Crippen LogP contribution in [0.3, 0.4) is 0 Å². The summed E-state index contributed by atoms with van der Waals surface area (Å²) in [5.41, 5.74) is 0. The summed E-state index contributed by atoms with van der Waals surface area (Å²) in [6.45, 7) is 2.89. The summed E-state index contributed by atoms with van der Waals surface area (Å²) in [5.74, 6) is 2.31. The number of amides is 2. The third-order valence-corrected chi connectivity index (χ3v) is 4.95. The van der Waals surface area contributed by atoms with Gasteiger partial charge in [0.25, 0.3) is 0 Å². The van der Waals surface area contributed by atoms with Gasteiger partial charge in [0.2, 0.25) is 0 Å². The molecule has 0 spiro atoms. The summed E-state index contributed by atoms with van der Waals surface area (Å²) >= 11 is 0. The lowest BCUT2D eigenvalue weighted by atomic mass is 10.1. The molecule has 132 valence electrons. The zero-order chi connectivity index (χ0) is 17.2. The first-order chi connectivity index (χ1) is 12.2. The van der Waals surface area contributed by atoms with Gasteiger partial charge in [0, 0.05) is 58.0 Å². The van der Waals surface area contributed by atoms with Crippen LogP contribution >= 0.6 is 0 Å². The van der Waals surface area contributed by atoms with Gasteiger partial charge in [0.1, 0.15) is 11.6 Å². The van der Waals surface area contributed by atoms with E-state index in [2.05, 4.69) is 25.2 Å². The predicted molar refractivity (Wildman–Crippen MR) is 93.0 cm³/mol. The molecular weight excluding hydrogens is 318 g/mol. The van der Waals surface area contributed by atoms with Gasteiger partial charge >= 0.3 is 6.03 Å². The van der Waals surface area contributed by atoms with Gasteiger partial charge < -0.3 is 19.7 Å². The quantitative estimate of drug-likeness (QED) is 0.904. The first kappa shape index (κ1) is 15.9. The lowest BCUT2D eigenvalue weighted by Crippen LogP contribution is -2.52. The molecule has 0 aromatic carbocycles. The molecule has 2 aromatic heterocycles. The van der Waals surface area contributed by atoms with Crippen LogP contribution in [0.25, 0.3) is 0 Å². The Kier molecular flexibility index (Phi) is 4.25. The van der Waals surface area contributed by atoms with Gasteiger partial charge in [-0.25, -0.2) is 14.8 Å². The van der Waals surface area contributed by atoms with Crippen molar-refractivity contribution in [2.24, 2.45) is 13.0 Å². The standard InChI is InChI=1S/C17H23N7O/c1-22-7-6-20-16(22)15(13-2-3-13)21-17(25)24-10-8-23(9-11-24)14-12-18-4-5-19-14/h4-7,12-13,15H,2-3,8-11H2,1H3,(H,21,25). The van der Waals surface area contributed by atoms with E-state index in [4.69, 9.17) is 0 Å². The number of urea groups is 1. The fraction of sp³-hybridized carbons (Fsp3) is 0.529. The zero-order valence-electron chi connectivity index (χ0n) is 14.4. The second kappa shape index (κ2) is 6.70. The molecule has 8 nitrogen and oxygen atoms in total. The molecule has 8 heteroatoms. The van der Waals surface area contributed by atoms with E-state index in [1.807, 2.05) is 22.7 Å². The highest BCUT2D eigenvalue weighted by Gasteiger charge is 2.36. The van der Waals surface area contributed by atoms with Crippen LogP contribution in [-0.2, 0) is 7.05 Å². The molecule has 1 N–H and O–H groups in total. The Hall–Kier alpha value is -2.64. The number of hydrogen-bond acceptors (Lipinski definition) is 5. The summed E-state index contributed by atoms with van der Waals surface area (Å²) < 4.78 is 2.00. The van der Waals surface area contributed by atoms with Crippen LogP contribution in [0.5, 0.6) is 0 Å². The molecule has 1 atom stereocenters. The first-order valence-electron chi connectivity index (χ1n) is 8.76. The Morgan fingerprint density at radius 3 is 2.56 bits per heavy atom. The normalized spacial score (nSPS) is 18.9. The van der Waals surface area contributed by atoms with E-state index >= 15 is 0 Å². The molecule has 3 heterocycles. The molecule has 4 rings (SSSR count). The smallest absolute Gasteiger partial charge is 0.318 e. The Bertz CT molecular complexity index is 720. The number of piperazine rings is 1. The van der Waals surface area contributed by atoms with Gasteiger partial charge in [-0.15, -0.1) is 0 Å². The molecule has 1 aliphatic carbocycles. The molecule has 2 aliphatic rings. The van der Waals surface area contributed by atoms with Crippen LogP contribution < -0.4 is 10.2 Å². The Balaban J connectivity index is 1.36. The predicted octanol–water partition coefficient (Wildman–Crippen LogP) is 1.19. The molecule has 0 bridgehead atoms. The van der Waals surface area contributed by atoms with Gasteiger partial charge in [-0.3, -0.25) is 4.98 Å². The number of aromatic nitrogens is 4. The van der Waals surface area contributed by atoms with Crippen molar-refractivity contribution in [3.63, 3.8) is 0 Å². The molecule has 1 aliphatic heterocycles. The highest BCUT2D eigenvalue weighted by atomic mass is 16.2. The number of hydrogen-bond donors (Lipinski definition) is 1. The Morgan fingerprint density at radius 2 is 1.96 bits per heavy atom. The molecule has 2 fully saturated rings. The molecular formula is C17H23N7O. The van der Waals surface area contributed by atoms with E-state index in [1.54, 1.807) is 24.8 Å². The highest BCUT2D eigenvalue weighted by Crippen LogP contribution is 2.40. The third kappa shape index (κ3) is 3.42. The minimum absolute atomic E-state index is 0.00121. The third-order valence-electron chi connectivity index (χ3n) is 4.95. The van der Waals surface area contributed by atoms with E-state index in [-0.39, 0.29) is 12.1 Å². The number of imidazole rings is 1. The van der Waals surface area contributed by atoms with Crippen LogP contribution in [0.15, 0.2) is 31.0 Å². The number of rotatable bonds is 4. The lowest BCUT2D eigenvalue weighted by Gasteiger charge is -2.36. The average Bonchev–Trinajstić information content (AvgIpc) is 3.41. The summed E-state index contributed by atoms with van der Waals surface area (Å²) in [6.07, 6.45) is 11.1. The molecule has 25 heavy (non-hydrogen) atoms. The van der Waals surface area contributed by atoms with Crippen LogP contribution in [-0.4, -0.2) is 56.6 Å². The number of aryl methyl sites for hydroxylation is 1. The van der Waals surface area contributed by atoms with Gasteiger partial charge in [0.05, 0.1) is 12.2 Å². The monoisotopic (exact) mass is 341 g/mol. The van der Waals surface area contributed by atoms with Crippen molar-refractivity contribution in [3.8, 4) is 0 Å². The molecule has 2 amide bonds. The fourth-order valence-corrected chi connectivity index (χ4v) is 3.32. The van der Waals surface area contributed by atoms with Crippen molar-refractivity contribution < 1.29 is 4.79 Å². The van der Waals surface area contributed by atoms with E-state index in [0.29, 0.717) is 19.0 Å². The van der Waals surface area contributed by atoms with E-state index in [1.165, 1.54) is 0 Å². The summed E-state index contributed by atoms with van der Waals surface area (Å²) in [7, 11) is 1.98. The summed E-state index contributed by atoms with van der Waals surface area (Å²) in [4.78, 5) is 29.6.